The van der Waals surface area contributed by atoms with Gasteiger partial charge in [0, 0.05) is 54.8 Å². The number of nitrogens with one attached hydrogen (secondary N) is 3. The summed E-state index contributed by atoms with van der Waals surface area (Å²) in [5.41, 5.74) is 4.63. The molecular formula is C28H29N7O3. The maximum atomic E-state index is 13.2. The van der Waals surface area contributed by atoms with E-state index in [0.717, 1.165) is 22.2 Å². The van der Waals surface area contributed by atoms with E-state index in [9.17, 15) is 14.4 Å². The molecule has 2 aromatic carbocycles. The third-order valence-electron chi connectivity index (χ3n) is 6.90. The average Bonchev–Trinajstić information content (AvgIpc) is 3.47. The number of H-pyrrole nitrogens is 1. The highest BCUT2D eigenvalue weighted by Gasteiger charge is 2.37. The van der Waals surface area contributed by atoms with E-state index < -0.39 is 6.03 Å². The molecule has 10 heteroatoms. The maximum Gasteiger partial charge on any atom is 0.327 e. The van der Waals surface area contributed by atoms with E-state index in [0.29, 0.717) is 34.9 Å². The molecule has 0 saturated carbocycles. The lowest BCUT2D eigenvalue weighted by Gasteiger charge is -2.19. The number of aromatic nitrogens is 3. The summed E-state index contributed by atoms with van der Waals surface area (Å²) in [7, 11) is 1.62. The van der Waals surface area contributed by atoms with E-state index >= 15 is 0 Å². The Labute approximate surface area is 220 Å². The largest absolute Gasteiger partial charge is 0.346 e. The Kier molecular flexibility index (Phi) is 6.10. The summed E-state index contributed by atoms with van der Waals surface area (Å²) in [6.07, 6.45) is 3.13. The van der Waals surface area contributed by atoms with Gasteiger partial charge in [-0.15, -0.1) is 0 Å². The Morgan fingerprint density at radius 3 is 2.61 bits per heavy atom. The van der Waals surface area contributed by atoms with Crippen LogP contribution in [-0.2, 0) is 10.2 Å². The normalized spacial score (nSPS) is 13.8. The lowest BCUT2D eigenvalue weighted by atomic mass is 9.87. The van der Waals surface area contributed by atoms with Gasteiger partial charge in [-0.2, -0.15) is 0 Å². The summed E-state index contributed by atoms with van der Waals surface area (Å²) in [4.78, 5) is 52.9. The van der Waals surface area contributed by atoms with E-state index in [2.05, 4.69) is 39.4 Å². The second-order valence-corrected chi connectivity index (χ2v) is 10.1. The molecule has 4 aromatic rings. The molecule has 4 amide bonds. The third-order valence-corrected chi connectivity index (χ3v) is 6.90. The Bertz CT molecular complexity index is 1590. The number of nitrogens with zero attached hydrogens (tertiary/aromatic N) is 4. The van der Waals surface area contributed by atoms with Crippen LogP contribution in [-0.4, -0.2) is 46.4 Å². The van der Waals surface area contributed by atoms with Crippen molar-refractivity contribution in [1.82, 2.24) is 15.0 Å². The lowest BCUT2D eigenvalue weighted by Crippen LogP contribution is -2.32. The van der Waals surface area contributed by atoms with Crippen LogP contribution in [0.3, 0.4) is 0 Å². The van der Waals surface area contributed by atoms with Crippen molar-refractivity contribution in [3.05, 3.63) is 71.7 Å². The Balaban J connectivity index is 1.34. The van der Waals surface area contributed by atoms with Gasteiger partial charge in [-0.3, -0.25) is 14.5 Å². The van der Waals surface area contributed by atoms with Crippen LogP contribution in [0.4, 0.5) is 27.7 Å². The first kappa shape index (κ1) is 24.9. The molecule has 2 aromatic heterocycles. The monoisotopic (exact) mass is 511 g/mol. The predicted molar refractivity (Wildman–Crippen MR) is 148 cm³/mol. The van der Waals surface area contributed by atoms with Gasteiger partial charge in [0.05, 0.1) is 5.39 Å². The molecule has 1 aliphatic rings. The number of urea groups is 1. The number of amides is 4. The lowest BCUT2D eigenvalue weighted by molar-refractivity contribution is -0.116. The quantitative estimate of drug-likeness (QED) is 0.362. The number of carbonyl (C=O) groups excluding carboxylic acids is 3. The van der Waals surface area contributed by atoms with Gasteiger partial charge in [0.15, 0.2) is 0 Å². The van der Waals surface area contributed by atoms with Crippen molar-refractivity contribution >= 4 is 51.8 Å². The second-order valence-electron chi connectivity index (χ2n) is 10.1. The molecule has 3 N–H and O–H groups in total. The first-order chi connectivity index (χ1) is 18.0. The minimum Gasteiger partial charge on any atom is -0.346 e. The molecule has 1 aliphatic heterocycles. The SMILES string of the molecule is CC(=O)N1CC(C)(C)c2cc(NC(=O)c3ccc(C)c(NC(=O)N(C)c4ncnc5[nH]ccc45)c3)ccc21. The molecule has 0 fully saturated rings. The number of rotatable bonds is 4. The summed E-state index contributed by atoms with van der Waals surface area (Å²) in [5.74, 6) is 0.145. The van der Waals surface area contributed by atoms with Crippen molar-refractivity contribution in [1.29, 1.82) is 0 Å². The zero-order valence-electron chi connectivity index (χ0n) is 21.9. The van der Waals surface area contributed by atoms with Crippen molar-refractivity contribution in [3.63, 3.8) is 0 Å². The first-order valence-corrected chi connectivity index (χ1v) is 12.2. The molecule has 0 saturated heterocycles. The van der Waals surface area contributed by atoms with Gasteiger partial charge in [-0.1, -0.05) is 19.9 Å². The molecular weight excluding hydrogens is 482 g/mol. The Morgan fingerprint density at radius 2 is 1.84 bits per heavy atom. The third kappa shape index (κ3) is 4.45. The molecule has 0 atom stereocenters. The molecule has 0 spiro atoms. The van der Waals surface area contributed by atoms with Gasteiger partial charge in [-0.05, 0) is 54.4 Å². The first-order valence-electron chi connectivity index (χ1n) is 12.2. The van der Waals surface area contributed by atoms with Crippen LogP contribution in [0.2, 0.25) is 0 Å². The number of anilines is 4. The fourth-order valence-electron chi connectivity index (χ4n) is 4.76. The van der Waals surface area contributed by atoms with Gasteiger partial charge >= 0.3 is 6.03 Å². The van der Waals surface area contributed by atoms with Gasteiger partial charge in [0.25, 0.3) is 5.91 Å². The molecule has 0 radical (unpaired) electrons. The van der Waals surface area contributed by atoms with Crippen molar-refractivity contribution in [3.8, 4) is 0 Å². The average molecular weight is 512 g/mol. The number of aromatic amines is 1. The molecule has 0 aliphatic carbocycles. The van der Waals surface area contributed by atoms with E-state index in [4.69, 9.17) is 0 Å². The van der Waals surface area contributed by atoms with E-state index in [-0.39, 0.29) is 17.2 Å². The van der Waals surface area contributed by atoms with Crippen LogP contribution in [0.5, 0.6) is 0 Å². The molecule has 0 unspecified atom stereocenters. The number of aryl methyl sites for hydroxylation is 1. The topological polar surface area (TPSA) is 123 Å². The van der Waals surface area contributed by atoms with Crippen LogP contribution < -0.4 is 20.4 Å². The van der Waals surface area contributed by atoms with Crippen molar-refractivity contribution in [2.75, 3.05) is 34.0 Å². The van der Waals surface area contributed by atoms with Gasteiger partial charge in [0.1, 0.15) is 17.8 Å². The van der Waals surface area contributed by atoms with Crippen LogP contribution >= 0.6 is 0 Å². The fourth-order valence-corrected chi connectivity index (χ4v) is 4.76. The Morgan fingerprint density at radius 1 is 1.05 bits per heavy atom. The molecule has 38 heavy (non-hydrogen) atoms. The number of benzene rings is 2. The summed E-state index contributed by atoms with van der Waals surface area (Å²) in [6.45, 7) is 8.16. The maximum absolute atomic E-state index is 13.2. The molecule has 0 bridgehead atoms. The highest BCUT2D eigenvalue weighted by atomic mass is 16.2. The highest BCUT2D eigenvalue weighted by molar-refractivity contribution is 6.08. The van der Waals surface area contributed by atoms with Crippen molar-refractivity contribution in [2.24, 2.45) is 0 Å². The summed E-state index contributed by atoms with van der Waals surface area (Å²) in [6, 6.07) is 12.1. The number of hydrogen-bond acceptors (Lipinski definition) is 5. The molecule has 5 rings (SSSR count). The minimum absolute atomic E-state index is 0.00860. The zero-order chi connectivity index (χ0) is 27.2. The van der Waals surface area contributed by atoms with Crippen LogP contribution in [0.25, 0.3) is 11.0 Å². The summed E-state index contributed by atoms with van der Waals surface area (Å²) < 4.78 is 0. The van der Waals surface area contributed by atoms with Crippen LogP contribution in [0.15, 0.2) is 55.0 Å². The van der Waals surface area contributed by atoms with Gasteiger partial charge in [-0.25, -0.2) is 14.8 Å². The second kappa shape index (κ2) is 9.29. The standard InChI is InChI=1S/C28H29N7O3/c1-16-6-7-18(12-22(16)33-27(38)34(5)25-20-10-11-29-24(20)30-15-31-25)26(37)32-19-8-9-23-21(13-19)28(3,4)14-35(23)17(2)36/h6-13,15H,14H2,1-5H3,(H,32,37)(H,33,38)(H,29,30,31). The highest BCUT2D eigenvalue weighted by Crippen LogP contribution is 2.41. The van der Waals surface area contributed by atoms with Gasteiger partial charge in [0.2, 0.25) is 5.91 Å². The number of fused-ring (bicyclic) bond motifs is 2. The smallest absolute Gasteiger partial charge is 0.327 e. The molecule has 3 heterocycles. The zero-order valence-corrected chi connectivity index (χ0v) is 21.9. The molecule has 10 nitrogen and oxygen atoms in total. The van der Waals surface area contributed by atoms with Crippen LogP contribution in [0.1, 0.15) is 42.3 Å². The number of hydrogen-bond donors (Lipinski definition) is 3. The van der Waals surface area contributed by atoms with E-state index in [1.54, 1.807) is 49.3 Å². The Hall–Kier alpha value is -4.73. The number of carbonyl (C=O) groups is 3. The van der Waals surface area contributed by atoms with Crippen LogP contribution in [0, 0.1) is 6.92 Å². The van der Waals surface area contributed by atoms with E-state index in [1.807, 2.05) is 25.1 Å². The fraction of sp³-hybridized carbons (Fsp3) is 0.250. The van der Waals surface area contributed by atoms with Crippen molar-refractivity contribution < 1.29 is 14.4 Å². The predicted octanol–water partition coefficient (Wildman–Crippen LogP) is 4.83. The molecule has 194 valence electrons. The van der Waals surface area contributed by atoms with Gasteiger partial charge < -0.3 is 20.5 Å². The summed E-state index contributed by atoms with van der Waals surface area (Å²) >= 11 is 0. The van der Waals surface area contributed by atoms with E-state index in [1.165, 1.54) is 11.2 Å². The minimum atomic E-state index is -0.400. The van der Waals surface area contributed by atoms with Crippen molar-refractivity contribution in [2.45, 2.75) is 33.1 Å². The summed E-state index contributed by atoms with van der Waals surface area (Å²) in [5, 5.41) is 6.55.